The zero-order chi connectivity index (χ0) is 26.7. The van der Waals surface area contributed by atoms with E-state index in [9.17, 15) is 9.59 Å². The third kappa shape index (κ3) is 4.84. The van der Waals surface area contributed by atoms with Gasteiger partial charge < -0.3 is 30.4 Å². The smallest absolute Gasteiger partial charge is 0.255 e. The standard InChI is InChI=1S/C28H26ClN5O4/c1-3-22(35)34-28(11-14-38-16-28)10-7-17-15-30-12-8-18(17)24-25(23-20(32-24)9-13-31-27(23)36)33-21-6-4-5-19(29)26(21)37-2/h3-6,8,12,15,32-33H,1,9,11,13-14,16H2,2H3,(H,31,36)(H,34,35). The summed E-state index contributed by atoms with van der Waals surface area (Å²) in [5.41, 5.74) is 3.71. The van der Waals surface area contributed by atoms with Crippen LogP contribution in [0.1, 0.15) is 28.0 Å². The minimum Gasteiger partial charge on any atom is -0.493 e. The summed E-state index contributed by atoms with van der Waals surface area (Å²) in [6, 6.07) is 7.19. The van der Waals surface area contributed by atoms with E-state index in [4.69, 9.17) is 21.1 Å². The summed E-state index contributed by atoms with van der Waals surface area (Å²) in [6.45, 7) is 4.82. The Hall–Kier alpha value is -4.26. The highest BCUT2D eigenvalue weighted by Gasteiger charge is 2.34. The molecule has 0 bridgehead atoms. The number of halogens is 1. The number of aromatic amines is 1. The fourth-order valence-electron chi connectivity index (χ4n) is 4.63. The maximum atomic E-state index is 13.0. The van der Waals surface area contributed by atoms with Gasteiger partial charge in [0, 0.05) is 43.0 Å². The Morgan fingerprint density at radius 1 is 1.37 bits per heavy atom. The lowest BCUT2D eigenvalue weighted by Crippen LogP contribution is -2.47. The number of carbonyl (C=O) groups is 2. The van der Waals surface area contributed by atoms with Gasteiger partial charge in [0.1, 0.15) is 5.54 Å². The van der Waals surface area contributed by atoms with Gasteiger partial charge in [-0.25, -0.2) is 0 Å². The molecule has 1 aromatic carbocycles. The van der Waals surface area contributed by atoms with E-state index in [1.807, 2.05) is 12.1 Å². The second-order valence-electron chi connectivity index (χ2n) is 8.93. The Morgan fingerprint density at radius 3 is 3.00 bits per heavy atom. The number of rotatable bonds is 6. The first-order valence-electron chi connectivity index (χ1n) is 12.1. The van der Waals surface area contributed by atoms with Crippen LogP contribution in [0.25, 0.3) is 11.3 Å². The number of amides is 2. The predicted octanol–water partition coefficient (Wildman–Crippen LogP) is 3.58. The molecule has 194 valence electrons. The topological polar surface area (TPSA) is 117 Å². The van der Waals surface area contributed by atoms with Crippen molar-refractivity contribution in [1.82, 2.24) is 20.6 Å². The maximum Gasteiger partial charge on any atom is 0.255 e. The van der Waals surface area contributed by atoms with Crippen molar-refractivity contribution in [3.05, 3.63) is 71.2 Å². The zero-order valence-corrected chi connectivity index (χ0v) is 21.5. The van der Waals surface area contributed by atoms with Gasteiger partial charge >= 0.3 is 0 Å². The van der Waals surface area contributed by atoms with Gasteiger partial charge in [-0.3, -0.25) is 14.6 Å². The van der Waals surface area contributed by atoms with Gasteiger partial charge in [-0.15, -0.1) is 0 Å². The highest BCUT2D eigenvalue weighted by atomic mass is 35.5. The van der Waals surface area contributed by atoms with Crippen molar-refractivity contribution in [3.63, 3.8) is 0 Å². The molecule has 0 radical (unpaired) electrons. The normalized spacial score (nSPS) is 18.0. The molecular formula is C28H26ClN5O4. The third-order valence-corrected chi connectivity index (χ3v) is 6.79. The predicted molar refractivity (Wildman–Crippen MR) is 145 cm³/mol. The number of hydrogen-bond donors (Lipinski definition) is 4. The van der Waals surface area contributed by atoms with Crippen molar-refractivity contribution in [2.24, 2.45) is 0 Å². The molecule has 1 unspecified atom stereocenters. The van der Waals surface area contributed by atoms with E-state index in [0.717, 1.165) is 11.3 Å². The molecule has 0 aliphatic carbocycles. The van der Waals surface area contributed by atoms with Crippen molar-refractivity contribution >= 4 is 34.8 Å². The molecule has 5 rings (SSSR count). The Morgan fingerprint density at radius 2 is 2.24 bits per heavy atom. The summed E-state index contributed by atoms with van der Waals surface area (Å²) in [5, 5.41) is 9.64. The van der Waals surface area contributed by atoms with Crippen LogP contribution in [0.4, 0.5) is 11.4 Å². The number of nitrogens with one attached hydrogen (secondary N) is 4. The first-order valence-corrected chi connectivity index (χ1v) is 12.4. The number of H-pyrrole nitrogens is 1. The third-order valence-electron chi connectivity index (χ3n) is 6.49. The van der Waals surface area contributed by atoms with E-state index in [1.54, 1.807) is 24.5 Å². The summed E-state index contributed by atoms with van der Waals surface area (Å²) in [7, 11) is 1.54. The highest BCUT2D eigenvalue weighted by Crippen LogP contribution is 2.41. The summed E-state index contributed by atoms with van der Waals surface area (Å²) in [5.74, 6) is 6.36. The molecule has 1 atom stereocenters. The summed E-state index contributed by atoms with van der Waals surface area (Å²) < 4.78 is 11.1. The largest absolute Gasteiger partial charge is 0.493 e. The summed E-state index contributed by atoms with van der Waals surface area (Å²) in [4.78, 5) is 32.8. The number of ether oxygens (including phenoxy) is 2. The number of fused-ring (bicyclic) bond motifs is 1. The lowest BCUT2D eigenvalue weighted by atomic mass is 9.97. The average molecular weight is 532 g/mol. The molecule has 0 saturated carbocycles. The molecule has 4 heterocycles. The van der Waals surface area contributed by atoms with Gasteiger partial charge in [-0.1, -0.05) is 36.1 Å². The number of hydrogen-bond acceptors (Lipinski definition) is 6. The molecule has 10 heteroatoms. The van der Waals surface area contributed by atoms with Crippen molar-refractivity contribution in [1.29, 1.82) is 0 Å². The Kier molecular flexibility index (Phi) is 7.09. The van der Waals surface area contributed by atoms with Crippen LogP contribution in [-0.4, -0.2) is 54.2 Å². The van der Waals surface area contributed by atoms with Crippen molar-refractivity contribution in [2.75, 3.05) is 32.2 Å². The van der Waals surface area contributed by atoms with Gasteiger partial charge in [-0.05, 0) is 24.3 Å². The van der Waals surface area contributed by atoms with Crippen LogP contribution < -0.4 is 20.7 Å². The van der Waals surface area contributed by atoms with Gasteiger partial charge in [0.05, 0.1) is 53.5 Å². The summed E-state index contributed by atoms with van der Waals surface area (Å²) >= 11 is 6.36. The first kappa shape index (κ1) is 25.4. The fourth-order valence-corrected chi connectivity index (χ4v) is 4.89. The Balaban J connectivity index is 1.63. The minimum absolute atomic E-state index is 0.187. The van der Waals surface area contributed by atoms with Crippen LogP contribution in [0.3, 0.4) is 0 Å². The van der Waals surface area contributed by atoms with Crippen LogP contribution in [0.15, 0.2) is 49.3 Å². The molecular weight excluding hydrogens is 506 g/mol. The second kappa shape index (κ2) is 10.6. The SMILES string of the molecule is C=CC(=O)NC1(C#Cc2cnccc2-c2[nH]c3c(c2Nc2cccc(Cl)c2OC)C(=O)NCC3)CCOC1. The Bertz CT molecular complexity index is 1480. The van der Waals surface area contributed by atoms with E-state index < -0.39 is 5.54 Å². The number of pyridine rings is 1. The molecule has 3 aromatic rings. The van der Waals surface area contributed by atoms with E-state index in [1.165, 1.54) is 13.2 Å². The van der Waals surface area contributed by atoms with Gasteiger partial charge in [0.15, 0.2) is 5.75 Å². The molecule has 2 aliphatic rings. The fraction of sp³-hybridized carbons (Fsp3) is 0.250. The van der Waals surface area contributed by atoms with E-state index >= 15 is 0 Å². The van der Waals surface area contributed by atoms with Crippen molar-refractivity contribution in [3.8, 4) is 28.8 Å². The van der Waals surface area contributed by atoms with Crippen LogP contribution in [0.2, 0.25) is 5.02 Å². The van der Waals surface area contributed by atoms with Crippen molar-refractivity contribution in [2.45, 2.75) is 18.4 Å². The molecule has 1 fully saturated rings. The van der Waals surface area contributed by atoms with Crippen LogP contribution in [0, 0.1) is 11.8 Å². The van der Waals surface area contributed by atoms with Gasteiger partial charge in [-0.2, -0.15) is 0 Å². The lowest BCUT2D eigenvalue weighted by molar-refractivity contribution is -0.117. The quantitative estimate of drug-likeness (QED) is 0.285. The van der Waals surface area contributed by atoms with Crippen molar-refractivity contribution < 1.29 is 19.1 Å². The number of aromatic nitrogens is 2. The molecule has 2 amide bonds. The van der Waals surface area contributed by atoms with Crippen LogP contribution in [0.5, 0.6) is 5.75 Å². The molecule has 2 aromatic heterocycles. The molecule has 4 N–H and O–H groups in total. The number of anilines is 2. The van der Waals surface area contributed by atoms with Gasteiger partial charge in [0.25, 0.3) is 5.91 Å². The van der Waals surface area contributed by atoms with E-state index in [-0.39, 0.29) is 18.4 Å². The molecule has 0 spiro atoms. The van der Waals surface area contributed by atoms with E-state index in [0.29, 0.717) is 65.0 Å². The average Bonchev–Trinajstić information content (AvgIpc) is 3.53. The molecule has 9 nitrogen and oxygen atoms in total. The van der Waals surface area contributed by atoms with Crippen LogP contribution >= 0.6 is 11.6 Å². The van der Waals surface area contributed by atoms with E-state index in [2.05, 4.69) is 44.3 Å². The molecule has 2 aliphatic heterocycles. The molecule has 1 saturated heterocycles. The number of methoxy groups -OCH3 is 1. The number of carbonyl (C=O) groups excluding carboxylic acids is 2. The minimum atomic E-state index is -0.831. The number of para-hydroxylation sites is 1. The monoisotopic (exact) mass is 531 g/mol. The molecule has 38 heavy (non-hydrogen) atoms. The lowest BCUT2D eigenvalue weighted by Gasteiger charge is -2.21. The summed E-state index contributed by atoms with van der Waals surface area (Å²) in [6.07, 6.45) is 5.73. The van der Waals surface area contributed by atoms with Gasteiger partial charge in [0.2, 0.25) is 5.91 Å². The number of benzene rings is 1. The second-order valence-corrected chi connectivity index (χ2v) is 9.34. The maximum absolute atomic E-state index is 13.0. The Labute approximate surface area is 225 Å². The number of nitrogens with zero attached hydrogens (tertiary/aromatic N) is 1. The highest BCUT2D eigenvalue weighted by molar-refractivity contribution is 6.32. The van der Waals surface area contributed by atoms with Crippen LogP contribution in [-0.2, 0) is 16.0 Å². The first-order chi connectivity index (χ1) is 18.4. The zero-order valence-electron chi connectivity index (χ0n) is 20.7.